The Kier molecular flexibility index (Phi) is 2.10. The highest BCUT2D eigenvalue weighted by atomic mass is 16.1. The van der Waals surface area contributed by atoms with Crippen molar-refractivity contribution in [2.24, 2.45) is 0 Å². The molecule has 14 heavy (non-hydrogen) atoms. The van der Waals surface area contributed by atoms with Crippen LogP contribution in [0.4, 0.5) is 0 Å². The van der Waals surface area contributed by atoms with E-state index in [9.17, 15) is 9.59 Å². The quantitative estimate of drug-likeness (QED) is 0.704. The highest BCUT2D eigenvalue weighted by Crippen LogP contribution is 2.11. The minimum Gasteiger partial charge on any atom is -0.303 e. The Labute approximate surface area is 79.6 Å². The molecule has 0 saturated heterocycles. The first kappa shape index (κ1) is 8.62. The van der Waals surface area contributed by atoms with E-state index in [0.29, 0.717) is 11.1 Å². The number of carbonyl (C=O) groups is 1. The largest absolute Gasteiger partial charge is 0.303 e. The average Bonchev–Trinajstić information content (AvgIpc) is 2.23. The molecule has 1 aromatic heterocycles. The van der Waals surface area contributed by atoms with E-state index in [1.165, 1.54) is 0 Å². The molecule has 1 aromatic carbocycles. The van der Waals surface area contributed by atoms with Crippen LogP contribution >= 0.6 is 0 Å². The maximum atomic E-state index is 11.3. The lowest BCUT2D eigenvalue weighted by molar-refractivity contribution is -0.107. The highest BCUT2D eigenvalue weighted by Gasteiger charge is 2.03. The van der Waals surface area contributed by atoms with Gasteiger partial charge < -0.3 is 4.79 Å². The van der Waals surface area contributed by atoms with Gasteiger partial charge in [0.15, 0.2) is 0 Å². The molecule has 0 radical (unpaired) electrons. The summed E-state index contributed by atoms with van der Waals surface area (Å²) in [4.78, 5) is 21.7. The number of carbonyl (C=O) groups excluding carboxylic acids is 1. The minimum atomic E-state index is -0.227. The van der Waals surface area contributed by atoms with Gasteiger partial charge in [-0.1, -0.05) is 18.2 Å². The zero-order valence-electron chi connectivity index (χ0n) is 7.36. The normalized spacial score (nSPS) is 10.3. The van der Waals surface area contributed by atoms with Crippen molar-refractivity contribution in [3.8, 4) is 0 Å². The zero-order valence-corrected chi connectivity index (χ0v) is 7.36. The lowest BCUT2D eigenvalue weighted by Crippen LogP contribution is -2.11. The van der Waals surface area contributed by atoms with Crippen molar-refractivity contribution in [1.82, 2.24) is 10.2 Å². The molecule has 0 amide bonds. The summed E-state index contributed by atoms with van der Waals surface area (Å²) in [6.07, 6.45) is 0.990. The molecule has 4 heteroatoms. The maximum absolute atomic E-state index is 11.3. The molecule has 0 aliphatic heterocycles. The molecule has 0 saturated carbocycles. The number of hydrogen-bond acceptors (Lipinski definition) is 3. The van der Waals surface area contributed by atoms with Crippen LogP contribution in [0.3, 0.4) is 0 Å². The van der Waals surface area contributed by atoms with Crippen LogP contribution in [0.2, 0.25) is 0 Å². The van der Waals surface area contributed by atoms with Crippen molar-refractivity contribution in [2.45, 2.75) is 6.42 Å². The number of aromatic amines is 1. The monoisotopic (exact) mass is 188 g/mol. The number of hydrogen-bond donors (Lipinski definition) is 1. The van der Waals surface area contributed by atoms with Crippen LogP contribution in [-0.4, -0.2) is 16.5 Å². The average molecular weight is 188 g/mol. The molecule has 0 bridgehead atoms. The van der Waals surface area contributed by atoms with Gasteiger partial charge in [-0.15, -0.1) is 0 Å². The summed E-state index contributed by atoms with van der Waals surface area (Å²) in [7, 11) is 0. The van der Waals surface area contributed by atoms with Crippen LogP contribution in [0.1, 0.15) is 5.69 Å². The second-order valence-corrected chi connectivity index (χ2v) is 2.92. The molecule has 1 N–H and O–H groups in total. The Balaban J connectivity index is 2.81. The van der Waals surface area contributed by atoms with E-state index in [2.05, 4.69) is 10.2 Å². The predicted molar refractivity (Wildman–Crippen MR) is 52.1 cm³/mol. The second kappa shape index (κ2) is 3.41. The Bertz CT molecular complexity index is 531. The van der Waals surface area contributed by atoms with Crippen molar-refractivity contribution >= 4 is 17.1 Å². The van der Waals surface area contributed by atoms with Gasteiger partial charge in [0.1, 0.15) is 6.29 Å². The Morgan fingerprint density at radius 2 is 2.00 bits per heavy atom. The summed E-state index contributed by atoms with van der Waals surface area (Å²) in [5.41, 5.74) is 0.380. The van der Waals surface area contributed by atoms with Crippen LogP contribution in [-0.2, 0) is 11.2 Å². The first-order chi connectivity index (χ1) is 6.83. The fourth-order valence-corrected chi connectivity index (χ4v) is 1.41. The van der Waals surface area contributed by atoms with Gasteiger partial charge in [0, 0.05) is 11.8 Å². The summed E-state index contributed by atoms with van der Waals surface area (Å²) in [5, 5.41) is 7.50. The van der Waals surface area contributed by atoms with Crippen molar-refractivity contribution in [2.75, 3.05) is 0 Å². The molecule has 0 aliphatic carbocycles. The third kappa shape index (κ3) is 1.31. The minimum absolute atomic E-state index is 0.220. The molecule has 4 nitrogen and oxygen atoms in total. The van der Waals surface area contributed by atoms with Gasteiger partial charge in [-0.05, 0) is 6.07 Å². The summed E-state index contributed by atoms with van der Waals surface area (Å²) in [5.74, 6) is 0. The summed E-state index contributed by atoms with van der Waals surface area (Å²) in [6, 6.07) is 7.10. The third-order valence-electron chi connectivity index (χ3n) is 2.05. The van der Waals surface area contributed by atoms with Crippen molar-refractivity contribution < 1.29 is 4.79 Å². The molecule has 2 aromatic rings. The van der Waals surface area contributed by atoms with Gasteiger partial charge in [0.05, 0.1) is 11.1 Å². The molecule has 0 fully saturated rings. The van der Waals surface area contributed by atoms with Crippen molar-refractivity contribution in [3.05, 3.63) is 40.3 Å². The van der Waals surface area contributed by atoms with E-state index >= 15 is 0 Å². The lowest BCUT2D eigenvalue weighted by atomic mass is 10.1. The Morgan fingerprint density at radius 1 is 1.29 bits per heavy atom. The molecule has 2 rings (SSSR count). The number of aromatic nitrogens is 2. The summed E-state index contributed by atoms with van der Waals surface area (Å²) < 4.78 is 0. The van der Waals surface area contributed by atoms with E-state index in [4.69, 9.17) is 0 Å². The van der Waals surface area contributed by atoms with E-state index < -0.39 is 0 Å². The number of aldehydes is 1. The molecule has 70 valence electrons. The standard InChI is InChI=1S/C10H8N2O2/c13-6-5-9-7-3-1-2-4-8(7)10(14)12-11-9/h1-4,6H,5H2,(H,12,14). The van der Waals surface area contributed by atoms with Crippen molar-refractivity contribution in [1.29, 1.82) is 0 Å². The van der Waals surface area contributed by atoms with E-state index in [-0.39, 0.29) is 12.0 Å². The van der Waals surface area contributed by atoms with E-state index in [1.807, 2.05) is 6.07 Å². The van der Waals surface area contributed by atoms with Crippen molar-refractivity contribution in [3.63, 3.8) is 0 Å². The van der Waals surface area contributed by atoms with Gasteiger partial charge in [-0.2, -0.15) is 5.10 Å². The molecule has 0 aliphatic rings. The first-order valence-corrected chi connectivity index (χ1v) is 4.23. The fraction of sp³-hybridized carbons (Fsp3) is 0.100. The number of H-pyrrole nitrogens is 1. The third-order valence-corrected chi connectivity index (χ3v) is 2.05. The van der Waals surface area contributed by atoms with Gasteiger partial charge in [0.25, 0.3) is 5.56 Å². The van der Waals surface area contributed by atoms with E-state index in [0.717, 1.165) is 11.7 Å². The molecular weight excluding hydrogens is 180 g/mol. The summed E-state index contributed by atoms with van der Waals surface area (Å²) >= 11 is 0. The first-order valence-electron chi connectivity index (χ1n) is 4.23. The summed E-state index contributed by atoms with van der Waals surface area (Å²) in [6.45, 7) is 0. The van der Waals surface area contributed by atoms with Gasteiger partial charge in [0.2, 0.25) is 0 Å². The van der Waals surface area contributed by atoms with Gasteiger partial charge >= 0.3 is 0 Å². The maximum Gasteiger partial charge on any atom is 0.272 e. The molecule has 0 spiro atoms. The molecular formula is C10H8N2O2. The number of benzene rings is 1. The van der Waals surface area contributed by atoms with Gasteiger partial charge in [-0.25, -0.2) is 5.10 Å². The Hall–Kier alpha value is -1.97. The Morgan fingerprint density at radius 3 is 2.71 bits per heavy atom. The number of nitrogens with zero attached hydrogens (tertiary/aromatic N) is 1. The molecule has 0 atom stereocenters. The van der Waals surface area contributed by atoms with Crippen LogP contribution in [0.15, 0.2) is 29.1 Å². The SMILES string of the molecule is O=CCc1n[nH]c(=O)c2ccccc12. The number of rotatable bonds is 2. The predicted octanol–water partition coefficient (Wildman–Crippen LogP) is 0.664. The highest BCUT2D eigenvalue weighted by molar-refractivity contribution is 5.84. The second-order valence-electron chi connectivity index (χ2n) is 2.92. The number of fused-ring (bicyclic) bond motifs is 1. The lowest BCUT2D eigenvalue weighted by Gasteiger charge is -1.99. The topological polar surface area (TPSA) is 62.8 Å². The van der Waals surface area contributed by atoms with Crippen LogP contribution in [0.5, 0.6) is 0 Å². The van der Waals surface area contributed by atoms with Crippen LogP contribution in [0.25, 0.3) is 10.8 Å². The van der Waals surface area contributed by atoms with Gasteiger partial charge in [-0.3, -0.25) is 4.79 Å². The smallest absolute Gasteiger partial charge is 0.272 e. The van der Waals surface area contributed by atoms with E-state index in [1.54, 1.807) is 18.2 Å². The van der Waals surface area contributed by atoms with Crippen LogP contribution < -0.4 is 5.56 Å². The number of nitrogens with one attached hydrogen (secondary N) is 1. The van der Waals surface area contributed by atoms with Crippen LogP contribution in [0, 0.1) is 0 Å². The zero-order chi connectivity index (χ0) is 9.97. The fourth-order valence-electron chi connectivity index (χ4n) is 1.41. The molecule has 1 heterocycles. The molecule has 0 unspecified atom stereocenters.